The standard InChI is InChI=1S/C23H26N2O3S/c1-3-16-9-11-17(12-10-16)19-13-29-21-20(19)22(26)25(14-24-21)15(2)23(27)28-18-7-5-4-6-8-18/h9-15,18H,3-8H2,1-2H3/t15-/m0/s1. The topological polar surface area (TPSA) is 61.2 Å². The van der Waals surface area contributed by atoms with Crippen molar-refractivity contribution in [3.63, 3.8) is 0 Å². The van der Waals surface area contributed by atoms with Crippen molar-refractivity contribution in [3.05, 3.63) is 51.9 Å². The Morgan fingerprint density at radius 1 is 1.24 bits per heavy atom. The molecule has 0 radical (unpaired) electrons. The minimum atomic E-state index is -0.698. The summed E-state index contributed by atoms with van der Waals surface area (Å²) >= 11 is 1.45. The highest BCUT2D eigenvalue weighted by atomic mass is 32.1. The van der Waals surface area contributed by atoms with Crippen molar-refractivity contribution in [2.75, 3.05) is 0 Å². The molecule has 0 spiro atoms. The fourth-order valence-electron chi connectivity index (χ4n) is 3.91. The Kier molecular flexibility index (Phi) is 5.81. The molecular weight excluding hydrogens is 384 g/mol. The third kappa shape index (κ3) is 3.99. The predicted octanol–water partition coefficient (Wildman–Crippen LogP) is 5.12. The number of fused-ring (bicyclic) bond motifs is 1. The molecule has 1 aliphatic rings. The fraction of sp³-hybridized carbons (Fsp3) is 0.435. The summed E-state index contributed by atoms with van der Waals surface area (Å²) in [6.07, 6.45) is 7.62. The van der Waals surface area contributed by atoms with E-state index in [1.165, 1.54) is 34.2 Å². The van der Waals surface area contributed by atoms with E-state index in [0.29, 0.717) is 10.2 Å². The van der Waals surface area contributed by atoms with Gasteiger partial charge in [-0.15, -0.1) is 11.3 Å². The Labute approximate surface area is 174 Å². The van der Waals surface area contributed by atoms with Crippen LogP contribution in [0, 0.1) is 0 Å². The zero-order valence-electron chi connectivity index (χ0n) is 16.9. The molecule has 1 saturated carbocycles. The molecule has 1 aliphatic carbocycles. The molecular formula is C23H26N2O3S. The van der Waals surface area contributed by atoms with Crippen molar-refractivity contribution in [3.8, 4) is 11.1 Å². The highest BCUT2D eigenvalue weighted by molar-refractivity contribution is 7.17. The van der Waals surface area contributed by atoms with Crippen LogP contribution in [0.15, 0.2) is 40.8 Å². The number of benzene rings is 1. The van der Waals surface area contributed by atoms with Gasteiger partial charge in [0.15, 0.2) is 0 Å². The largest absolute Gasteiger partial charge is 0.461 e. The average molecular weight is 411 g/mol. The van der Waals surface area contributed by atoms with Crippen LogP contribution in [0.25, 0.3) is 21.3 Å². The lowest BCUT2D eigenvalue weighted by atomic mass is 9.98. The van der Waals surface area contributed by atoms with E-state index in [0.717, 1.165) is 43.2 Å². The van der Waals surface area contributed by atoms with Gasteiger partial charge in [0.1, 0.15) is 17.0 Å². The van der Waals surface area contributed by atoms with Gasteiger partial charge < -0.3 is 4.74 Å². The second-order valence-electron chi connectivity index (χ2n) is 7.71. The van der Waals surface area contributed by atoms with Crippen molar-refractivity contribution in [2.45, 2.75) is 64.5 Å². The Hall–Kier alpha value is -2.47. The number of aromatic nitrogens is 2. The van der Waals surface area contributed by atoms with Crippen LogP contribution >= 0.6 is 11.3 Å². The van der Waals surface area contributed by atoms with E-state index in [1.807, 2.05) is 17.5 Å². The Balaban J connectivity index is 1.66. The van der Waals surface area contributed by atoms with Crippen LogP contribution in [0.2, 0.25) is 0 Å². The molecule has 3 aromatic rings. The van der Waals surface area contributed by atoms with Gasteiger partial charge in [-0.2, -0.15) is 0 Å². The van der Waals surface area contributed by atoms with Gasteiger partial charge in [-0.05, 0) is 50.2 Å². The van der Waals surface area contributed by atoms with Crippen molar-refractivity contribution in [1.29, 1.82) is 0 Å². The maximum Gasteiger partial charge on any atom is 0.329 e. The number of nitrogens with zero attached hydrogens (tertiary/aromatic N) is 2. The number of rotatable bonds is 5. The minimum Gasteiger partial charge on any atom is -0.461 e. The van der Waals surface area contributed by atoms with Gasteiger partial charge in [0.05, 0.1) is 11.7 Å². The number of thiophene rings is 1. The summed E-state index contributed by atoms with van der Waals surface area (Å²) in [6, 6.07) is 7.54. The second-order valence-corrected chi connectivity index (χ2v) is 8.57. The van der Waals surface area contributed by atoms with E-state index in [2.05, 4.69) is 24.0 Å². The van der Waals surface area contributed by atoms with Crippen LogP contribution in [0.1, 0.15) is 57.6 Å². The SMILES string of the molecule is CCc1ccc(-c2csc3ncn([C@@H](C)C(=O)OC4CCCCC4)c(=O)c23)cc1. The van der Waals surface area contributed by atoms with Gasteiger partial charge in [0, 0.05) is 10.9 Å². The van der Waals surface area contributed by atoms with E-state index >= 15 is 0 Å². The molecule has 2 heterocycles. The molecule has 0 aliphatic heterocycles. The first-order valence-electron chi connectivity index (χ1n) is 10.4. The van der Waals surface area contributed by atoms with Gasteiger partial charge >= 0.3 is 5.97 Å². The summed E-state index contributed by atoms with van der Waals surface area (Å²) in [7, 11) is 0. The van der Waals surface area contributed by atoms with Crippen molar-refractivity contribution < 1.29 is 9.53 Å². The van der Waals surface area contributed by atoms with Crippen LogP contribution in [-0.2, 0) is 16.0 Å². The first-order valence-corrected chi connectivity index (χ1v) is 11.2. The number of hydrogen-bond acceptors (Lipinski definition) is 5. The highest BCUT2D eigenvalue weighted by Crippen LogP contribution is 2.31. The quantitative estimate of drug-likeness (QED) is 0.548. The smallest absolute Gasteiger partial charge is 0.329 e. The second kappa shape index (κ2) is 8.49. The van der Waals surface area contributed by atoms with Crippen molar-refractivity contribution in [1.82, 2.24) is 9.55 Å². The minimum absolute atomic E-state index is 0.0279. The molecule has 1 aromatic carbocycles. The highest BCUT2D eigenvalue weighted by Gasteiger charge is 2.25. The number of hydrogen-bond donors (Lipinski definition) is 0. The predicted molar refractivity (Wildman–Crippen MR) is 116 cm³/mol. The molecule has 0 saturated heterocycles. The molecule has 4 rings (SSSR count). The van der Waals surface area contributed by atoms with Gasteiger partial charge in [-0.3, -0.25) is 9.36 Å². The third-order valence-corrected chi connectivity index (χ3v) is 6.67. The summed E-state index contributed by atoms with van der Waals surface area (Å²) in [5.74, 6) is -0.357. The van der Waals surface area contributed by atoms with Gasteiger partial charge in [0.2, 0.25) is 0 Å². The zero-order valence-corrected chi connectivity index (χ0v) is 17.7. The molecule has 29 heavy (non-hydrogen) atoms. The molecule has 152 valence electrons. The molecule has 1 fully saturated rings. The van der Waals surface area contributed by atoms with Crippen LogP contribution in [0.5, 0.6) is 0 Å². The lowest BCUT2D eigenvalue weighted by molar-refractivity contribution is -0.154. The summed E-state index contributed by atoms with van der Waals surface area (Å²) in [6.45, 7) is 3.83. The average Bonchev–Trinajstić information content (AvgIpc) is 3.19. The first kappa shape index (κ1) is 19.8. The molecule has 5 nitrogen and oxygen atoms in total. The molecule has 0 amide bonds. The zero-order chi connectivity index (χ0) is 20.4. The Morgan fingerprint density at radius 2 is 1.97 bits per heavy atom. The fourth-order valence-corrected chi connectivity index (χ4v) is 4.82. The first-order chi connectivity index (χ1) is 14.1. The summed E-state index contributed by atoms with van der Waals surface area (Å²) < 4.78 is 7.08. The van der Waals surface area contributed by atoms with Crippen molar-refractivity contribution in [2.24, 2.45) is 0 Å². The summed E-state index contributed by atoms with van der Waals surface area (Å²) in [4.78, 5) is 31.1. The van der Waals surface area contributed by atoms with Gasteiger partial charge in [-0.25, -0.2) is 9.78 Å². The van der Waals surface area contributed by atoms with E-state index in [1.54, 1.807) is 6.92 Å². The summed E-state index contributed by atoms with van der Waals surface area (Å²) in [5, 5.41) is 2.54. The Bertz CT molecular complexity index is 1060. The Morgan fingerprint density at radius 3 is 2.66 bits per heavy atom. The van der Waals surface area contributed by atoms with E-state index < -0.39 is 6.04 Å². The van der Waals surface area contributed by atoms with E-state index in [4.69, 9.17) is 4.74 Å². The lowest BCUT2D eigenvalue weighted by Gasteiger charge is -2.24. The van der Waals surface area contributed by atoms with Crippen molar-refractivity contribution >= 4 is 27.5 Å². The molecule has 0 N–H and O–H groups in total. The maximum atomic E-state index is 13.3. The van der Waals surface area contributed by atoms with Crippen LogP contribution in [0.4, 0.5) is 0 Å². The molecule has 0 unspecified atom stereocenters. The number of esters is 1. The number of carbonyl (C=O) groups is 1. The molecule has 6 heteroatoms. The van der Waals surface area contributed by atoms with Gasteiger partial charge in [0.25, 0.3) is 5.56 Å². The molecule has 1 atom stereocenters. The number of ether oxygens (including phenoxy) is 1. The summed E-state index contributed by atoms with van der Waals surface area (Å²) in [5.41, 5.74) is 2.91. The lowest BCUT2D eigenvalue weighted by Crippen LogP contribution is -2.32. The maximum absolute atomic E-state index is 13.3. The number of aryl methyl sites for hydroxylation is 1. The van der Waals surface area contributed by atoms with Gasteiger partial charge in [-0.1, -0.05) is 37.6 Å². The van der Waals surface area contributed by atoms with Crippen LogP contribution < -0.4 is 5.56 Å². The third-order valence-electron chi connectivity index (χ3n) is 5.79. The normalized spacial score (nSPS) is 16.1. The van der Waals surface area contributed by atoms with Crippen LogP contribution in [0.3, 0.4) is 0 Å². The van der Waals surface area contributed by atoms with Crippen LogP contribution in [-0.4, -0.2) is 21.6 Å². The molecule has 2 aromatic heterocycles. The molecule has 0 bridgehead atoms. The van der Waals surface area contributed by atoms with E-state index in [9.17, 15) is 9.59 Å². The number of carbonyl (C=O) groups excluding carboxylic acids is 1. The van der Waals surface area contributed by atoms with E-state index in [-0.39, 0.29) is 17.6 Å². The monoisotopic (exact) mass is 410 g/mol.